The zero-order valence-electron chi connectivity index (χ0n) is 38.8. The first-order chi connectivity index (χ1) is 29.3. The molecule has 0 saturated heterocycles. The summed E-state index contributed by atoms with van der Waals surface area (Å²) in [6.45, 7) is 27.9. The van der Waals surface area contributed by atoms with Gasteiger partial charge in [0.15, 0.2) is 0 Å². The van der Waals surface area contributed by atoms with Crippen molar-refractivity contribution >= 4 is 78.9 Å². The lowest BCUT2D eigenvalue weighted by Gasteiger charge is -2.46. The largest absolute Gasteiger partial charge is 0.456 e. The minimum absolute atomic E-state index is 0.0367. The van der Waals surface area contributed by atoms with E-state index in [1.807, 2.05) is 0 Å². The quantitative estimate of drug-likeness (QED) is 0.162. The Kier molecular flexibility index (Phi) is 8.15. The second kappa shape index (κ2) is 12.9. The zero-order valence-corrected chi connectivity index (χ0v) is 38.8. The Bertz CT molecular complexity index is 3190. The van der Waals surface area contributed by atoms with E-state index < -0.39 is 0 Å². The van der Waals surface area contributed by atoms with Gasteiger partial charge in [-0.25, -0.2) is 0 Å². The first-order valence-electron chi connectivity index (χ1n) is 22.8. The molecule has 0 fully saturated rings. The summed E-state index contributed by atoms with van der Waals surface area (Å²) in [5.74, 6) is 0. The van der Waals surface area contributed by atoms with Crippen LogP contribution >= 0.6 is 0 Å². The van der Waals surface area contributed by atoms with E-state index in [9.17, 15) is 0 Å². The number of nitrogens with zero attached hydrogens (tertiary/aromatic N) is 2. The fourth-order valence-electron chi connectivity index (χ4n) is 11.2. The van der Waals surface area contributed by atoms with Gasteiger partial charge in [-0.15, -0.1) is 0 Å². The van der Waals surface area contributed by atoms with Gasteiger partial charge >= 0.3 is 6.85 Å². The number of benzene rings is 7. The van der Waals surface area contributed by atoms with Crippen molar-refractivity contribution in [2.24, 2.45) is 0 Å². The number of hydrogen-bond donors (Lipinski definition) is 0. The number of furan rings is 1. The molecule has 0 bridgehead atoms. The van der Waals surface area contributed by atoms with Crippen molar-refractivity contribution in [3.8, 4) is 11.1 Å². The molecule has 1 aliphatic carbocycles. The molecule has 0 N–H and O–H groups in total. The van der Waals surface area contributed by atoms with Crippen molar-refractivity contribution in [2.75, 3.05) is 9.71 Å². The lowest BCUT2D eigenvalue weighted by atomic mass is 9.43. The van der Waals surface area contributed by atoms with Gasteiger partial charge in [0.25, 0.3) is 0 Å². The van der Waals surface area contributed by atoms with Crippen LogP contribution < -0.4 is 20.6 Å². The highest BCUT2D eigenvalue weighted by Gasteiger charge is 2.46. The summed E-state index contributed by atoms with van der Waals surface area (Å²) >= 11 is 0. The van der Waals surface area contributed by atoms with E-state index >= 15 is 0 Å². The van der Waals surface area contributed by atoms with Crippen LogP contribution in [0.25, 0.3) is 43.8 Å². The molecule has 0 unspecified atom stereocenters. The highest BCUT2D eigenvalue weighted by atomic mass is 16.3. The molecular formula is C58H59BN2O. The Labute approximate surface area is 368 Å². The molecule has 3 aliphatic rings. The maximum absolute atomic E-state index is 7.06. The SMILES string of the molecule is Cc1cc2c3c(c1)N(c1ccc(C(C)(C)C)cc1C)c1cc4oc5cc6c(cc5c4cc1B3N(c1ccc(C(C)(C)C)cc1)c1cc3ccccc3cc1-2)C(C)(C)CCC6(C)C. The third-order valence-electron chi connectivity index (χ3n) is 14.9. The average Bonchev–Trinajstić information content (AvgIpc) is 3.57. The van der Waals surface area contributed by atoms with Gasteiger partial charge < -0.3 is 14.1 Å². The van der Waals surface area contributed by atoms with Gasteiger partial charge in [0, 0.05) is 50.8 Å². The Morgan fingerprint density at radius 1 is 0.548 bits per heavy atom. The normalized spacial score (nSPS) is 16.4. The van der Waals surface area contributed by atoms with Crippen molar-refractivity contribution in [3.63, 3.8) is 0 Å². The summed E-state index contributed by atoms with van der Waals surface area (Å²) < 4.78 is 7.06. The molecule has 0 radical (unpaired) electrons. The van der Waals surface area contributed by atoms with Crippen molar-refractivity contribution in [1.82, 2.24) is 0 Å². The minimum atomic E-state index is -0.0995. The van der Waals surface area contributed by atoms with Crippen molar-refractivity contribution in [3.05, 3.63) is 149 Å². The second-order valence-corrected chi connectivity index (χ2v) is 22.3. The monoisotopic (exact) mass is 810 g/mol. The Morgan fingerprint density at radius 3 is 1.82 bits per heavy atom. The third-order valence-corrected chi connectivity index (χ3v) is 14.9. The summed E-state index contributed by atoms with van der Waals surface area (Å²) in [6, 6.07) is 44.9. The fraction of sp³-hybridized carbons (Fsp3) is 0.310. The van der Waals surface area contributed by atoms with Gasteiger partial charge in [-0.3, -0.25) is 0 Å². The van der Waals surface area contributed by atoms with E-state index in [4.69, 9.17) is 4.42 Å². The number of anilines is 5. The van der Waals surface area contributed by atoms with Crippen LogP contribution in [0, 0.1) is 13.8 Å². The molecule has 8 aromatic rings. The van der Waals surface area contributed by atoms with Gasteiger partial charge in [0.2, 0.25) is 0 Å². The molecule has 0 spiro atoms. The van der Waals surface area contributed by atoms with E-state index in [-0.39, 0.29) is 28.5 Å². The predicted molar refractivity (Wildman–Crippen MR) is 267 cm³/mol. The molecule has 7 aromatic carbocycles. The Morgan fingerprint density at radius 2 is 1.16 bits per heavy atom. The molecule has 3 heterocycles. The lowest BCUT2D eigenvalue weighted by molar-refractivity contribution is 0.332. The van der Waals surface area contributed by atoms with E-state index in [0.717, 1.165) is 11.2 Å². The van der Waals surface area contributed by atoms with Crippen LogP contribution in [-0.4, -0.2) is 6.85 Å². The highest BCUT2D eigenvalue weighted by molar-refractivity contribution is 6.93. The van der Waals surface area contributed by atoms with Gasteiger partial charge in [-0.2, -0.15) is 0 Å². The standard InChI is InChI=1S/C58H59BN2O/c1-34-25-44-41-28-36-15-13-14-16-37(36)29-49(41)61(40-20-17-38(18-21-40)55(3,4)5)59-47-31-43-42-30-45-46(58(11,12)24-23-57(45,9)10)32-52(42)62-53(43)33-50(47)60(51(26-34)54(44)59)48-22-19-39(27-35(48)2)56(6,7)8/h13-22,25-33H,23-24H2,1-12H3. The van der Waals surface area contributed by atoms with E-state index in [1.54, 1.807) is 0 Å². The Balaban J connectivity index is 1.26. The van der Waals surface area contributed by atoms with Crippen molar-refractivity contribution in [1.29, 1.82) is 0 Å². The molecule has 11 rings (SSSR count). The van der Waals surface area contributed by atoms with E-state index in [2.05, 4.69) is 208 Å². The summed E-state index contributed by atoms with van der Waals surface area (Å²) in [6.07, 6.45) is 2.34. The molecule has 3 nitrogen and oxygen atoms in total. The highest BCUT2D eigenvalue weighted by Crippen LogP contribution is 2.52. The van der Waals surface area contributed by atoms with Gasteiger partial charge in [-0.1, -0.05) is 130 Å². The molecule has 1 aromatic heterocycles. The average molecular weight is 811 g/mol. The van der Waals surface area contributed by atoms with Crippen molar-refractivity contribution in [2.45, 2.75) is 118 Å². The molecule has 62 heavy (non-hydrogen) atoms. The van der Waals surface area contributed by atoms with Crippen LogP contribution in [0.1, 0.15) is 115 Å². The van der Waals surface area contributed by atoms with Gasteiger partial charge in [0.05, 0.1) is 0 Å². The minimum Gasteiger partial charge on any atom is -0.456 e. The number of aryl methyl sites for hydroxylation is 2. The Hall–Kier alpha value is -5.74. The van der Waals surface area contributed by atoms with Gasteiger partial charge in [-0.05, 0) is 158 Å². The summed E-state index contributed by atoms with van der Waals surface area (Å²) in [4.78, 5) is 5.22. The molecule has 310 valence electrons. The van der Waals surface area contributed by atoms with Gasteiger partial charge in [0.1, 0.15) is 11.2 Å². The molecule has 0 saturated carbocycles. The fourth-order valence-corrected chi connectivity index (χ4v) is 11.2. The van der Waals surface area contributed by atoms with Crippen LogP contribution in [0.4, 0.5) is 28.4 Å². The summed E-state index contributed by atoms with van der Waals surface area (Å²) in [5.41, 5.74) is 21.5. The smallest absolute Gasteiger partial charge is 0.333 e. The number of fused-ring (bicyclic) bond motifs is 9. The number of hydrogen-bond acceptors (Lipinski definition) is 3. The third kappa shape index (κ3) is 5.78. The summed E-state index contributed by atoms with van der Waals surface area (Å²) in [5, 5.41) is 4.90. The van der Waals surface area contributed by atoms with Crippen LogP contribution in [0.5, 0.6) is 0 Å². The molecular weight excluding hydrogens is 751 g/mol. The van der Waals surface area contributed by atoms with Crippen LogP contribution in [0.3, 0.4) is 0 Å². The lowest BCUT2D eigenvalue weighted by Crippen LogP contribution is -2.61. The molecule has 0 amide bonds. The van der Waals surface area contributed by atoms with Crippen LogP contribution in [0.15, 0.2) is 120 Å². The topological polar surface area (TPSA) is 19.6 Å². The van der Waals surface area contributed by atoms with Crippen LogP contribution in [0.2, 0.25) is 0 Å². The second-order valence-electron chi connectivity index (χ2n) is 22.3. The predicted octanol–water partition coefficient (Wildman–Crippen LogP) is 15.0. The number of rotatable bonds is 2. The first-order valence-corrected chi connectivity index (χ1v) is 22.8. The van der Waals surface area contributed by atoms with Crippen molar-refractivity contribution < 1.29 is 4.42 Å². The van der Waals surface area contributed by atoms with E-state index in [0.29, 0.717) is 0 Å². The molecule has 0 atom stereocenters. The van der Waals surface area contributed by atoms with Crippen LogP contribution in [-0.2, 0) is 21.7 Å². The molecule has 4 heteroatoms. The summed E-state index contributed by atoms with van der Waals surface area (Å²) in [7, 11) is 0. The van der Waals surface area contributed by atoms with E-state index in [1.165, 1.54) is 118 Å². The maximum Gasteiger partial charge on any atom is 0.333 e. The maximum atomic E-state index is 7.06. The first kappa shape index (κ1) is 39.1. The molecule has 2 aliphatic heterocycles. The zero-order chi connectivity index (χ0) is 43.4.